The zero-order valence-corrected chi connectivity index (χ0v) is 12.5. The minimum absolute atomic E-state index is 0.0647. The molecule has 1 atom stereocenters. The molecular weight excluding hydrogens is 308 g/mol. The van der Waals surface area contributed by atoms with Crippen LogP contribution in [0.5, 0.6) is 0 Å². The Morgan fingerprint density at radius 3 is 2.50 bits per heavy atom. The van der Waals surface area contributed by atoms with Crippen molar-refractivity contribution in [3.63, 3.8) is 0 Å². The molecule has 0 spiro atoms. The van der Waals surface area contributed by atoms with E-state index in [-0.39, 0.29) is 12.5 Å². The van der Waals surface area contributed by atoms with Crippen LogP contribution in [0.25, 0.3) is 0 Å². The minimum atomic E-state index is -1.18. The van der Waals surface area contributed by atoms with Crippen molar-refractivity contribution >= 4 is 17.2 Å². The van der Waals surface area contributed by atoms with E-state index in [0.717, 1.165) is 29.9 Å². The van der Waals surface area contributed by atoms with Gasteiger partial charge in [-0.2, -0.15) is 0 Å². The minimum Gasteiger partial charge on any atom is -0.382 e. The molecule has 1 aromatic heterocycles. The number of carbonyl (C=O) groups is 1. The first-order valence-corrected chi connectivity index (χ1v) is 7.89. The van der Waals surface area contributed by atoms with Crippen LogP contribution in [0.2, 0.25) is 0 Å². The average Bonchev–Trinajstić information content (AvgIpc) is 3.20. The van der Waals surface area contributed by atoms with Crippen LogP contribution in [0.3, 0.4) is 0 Å². The highest BCUT2D eigenvalue weighted by Crippen LogP contribution is 2.46. The second kappa shape index (κ2) is 5.78. The number of amides is 1. The fourth-order valence-electron chi connectivity index (χ4n) is 2.54. The first kappa shape index (κ1) is 15.1. The fraction of sp³-hybridized carbons (Fsp3) is 0.312. The van der Waals surface area contributed by atoms with Crippen molar-refractivity contribution in [1.29, 1.82) is 0 Å². The molecule has 0 bridgehead atoms. The standard InChI is InChI=1S/C16H15F2NO2S/c17-11-3-1-4-12(18)14(11)15(20)19-9-16(21,10-6-7-10)13-5-2-8-22-13/h1-5,8,10,21H,6-7,9H2,(H,19,20). The molecule has 116 valence electrons. The summed E-state index contributed by atoms with van der Waals surface area (Å²) in [7, 11) is 0. The summed E-state index contributed by atoms with van der Waals surface area (Å²) in [6.45, 7) is -0.0647. The van der Waals surface area contributed by atoms with Crippen molar-refractivity contribution in [2.24, 2.45) is 5.92 Å². The number of thiophene rings is 1. The maximum atomic E-state index is 13.6. The summed E-state index contributed by atoms with van der Waals surface area (Å²) in [5.74, 6) is -2.62. The average molecular weight is 323 g/mol. The summed E-state index contributed by atoms with van der Waals surface area (Å²) in [5, 5.41) is 15.2. The van der Waals surface area contributed by atoms with E-state index in [1.807, 2.05) is 11.4 Å². The SMILES string of the molecule is O=C(NCC(O)(c1cccs1)C1CC1)c1c(F)cccc1F. The molecule has 22 heavy (non-hydrogen) atoms. The van der Waals surface area contributed by atoms with Crippen molar-refractivity contribution in [3.8, 4) is 0 Å². The monoisotopic (exact) mass is 323 g/mol. The fourth-order valence-corrected chi connectivity index (χ4v) is 3.44. The Balaban J connectivity index is 1.77. The van der Waals surface area contributed by atoms with Gasteiger partial charge in [0.1, 0.15) is 22.8 Å². The van der Waals surface area contributed by atoms with E-state index in [2.05, 4.69) is 5.32 Å². The van der Waals surface area contributed by atoms with Gasteiger partial charge >= 0.3 is 0 Å². The summed E-state index contributed by atoms with van der Waals surface area (Å²) in [4.78, 5) is 12.8. The van der Waals surface area contributed by atoms with Crippen LogP contribution in [-0.4, -0.2) is 17.6 Å². The molecule has 1 amide bonds. The van der Waals surface area contributed by atoms with Crippen molar-refractivity contribution < 1.29 is 18.7 Å². The summed E-state index contributed by atoms with van der Waals surface area (Å²) in [5.41, 5.74) is -1.79. The van der Waals surface area contributed by atoms with Crippen LogP contribution in [0.1, 0.15) is 28.1 Å². The number of nitrogens with one attached hydrogen (secondary N) is 1. The second-order valence-corrected chi connectivity index (χ2v) is 6.40. The molecule has 1 aliphatic rings. The van der Waals surface area contributed by atoms with Crippen molar-refractivity contribution in [3.05, 3.63) is 57.8 Å². The van der Waals surface area contributed by atoms with Crippen molar-refractivity contribution in [1.82, 2.24) is 5.32 Å². The molecule has 0 radical (unpaired) electrons. The zero-order valence-electron chi connectivity index (χ0n) is 11.7. The summed E-state index contributed by atoms with van der Waals surface area (Å²) in [6, 6.07) is 6.90. The Bertz CT molecular complexity index is 665. The topological polar surface area (TPSA) is 49.3 Å². The Kier molecular flexibility index (Phi) is 3.97. The molecule has 1 fully saturated rings. The van der Waals surface area contributed by atoms with E-state index >= 15 is 0 Å². The number of hydrogen-bond donors (Lipinski definition) is 2. The number of benzene rings is 1. The lowest BCUT2D eigenvalue weighted by Gasteiger charge is -2.27. The van der Waals surface area contributed by atoms with Crippen LogP contribution in [0, 0.1) is 17.6 Å². The number of hydrogen-bond acceptors (Lipinski definition) is 3. The summed E-state index contributed by atoms with van der Waals surface area (Å²) < 4.78 is 27.2. The van der Waals surface area contributed by atoms with E-state index in [4.69, 9.17) is 0 Å². The predicted molar refractivity (Wildman–Crippen MR) is 79.6 cm³/mol. The van der Waals surface area contributed by atoms with Crippen molar-refractivity contribution in [2.75, 3.05) is 6.54 Å². The molecule has 0 aliphatic heterocycles. The molecule has 3 rings (SSSR count). The molecule has 2 N–H and O–H groups in total. The second-order valence-electron chi connectivity index (χ2n) is 5.46. The maximum Gasteiger partial charge on any atom is 0.257 e. The molecule has 1 aromatic carbocycles. The smallest absolute Gasteiger partial charge is 0.257 e. The van der Waals surface area contributed by atoms with Gasteiger partial charge in [-0.25, -0.2) is 8.78 Å². The van der Waals surface area contributed by atoms with Gasteiger partial charge in [-0.15, -0.1) is 11.3 Å². The molecule has 1 heterocycles. The van der Waals surface area contributed by atoms with Gasteiger partial charge in [0, 0.05) is 4.88 Å². The Labute approximate surface area is 130 Å². The van der Waals surface area contributed by atoms with Crippen molar-refractivity contribution in [2.45, 2.75) is 18.4 Å². The first-order chi connectivity index (χ1) is 10.5. The highest BCUT2D eigenvalue weighted by Gasteiger charge is 2.46. The van der Waals surface area contributed by atoms with E-state index < -0.39 is 28.7 Å². The molecule has 3 nitrogen and oxygen atoms in total. The number of aliphatic hydroxyl groups is 1. The molecule has 0 saturated heterocycles. The third-order valence-corrected chi connectivity index (χ3v) is 4.95. The summed E-state index contributed by atoms with van der Waals surface area (Å²) >= 11 is 1.40. The van der Waals surface area contributed by atoms with Gasteiger partial charge in [-0.05, 0) is 42.3 Å². The third kappa shape index (κ3) is 2.76. The van der Waals surface area contributed by atoms with Gasteiger partial charge in [0.2, 0.25) is 0 Å². The highest BCUT2D eigenvalue weighted by molar-refractivity contribution is 7.10. The molecular formula is C16H15F2NO2S. The first-order valence-electron chi connectivity index (χ1n) is 7.01. The largest absolute Gasteiger partial charge is 0.382 e. The lowest BCUT2D eigenvalue weighted by atomic mass is 9.95. The Morgan fingerprint density at radius 1 is 1.27 bits per heavy atom. The van der Waals surface area contributed by atoms with Gasteiger partial charge < -0.3 is 10.4 Å². The lowest BCUT2D eigenvalue weighted by Crippen LogP contribution is -2.42. The van der Waals surface area contributed by atoms with Crippen LogP contribution < -0.4 is 5.32 Å². The van der Waals surface area contributed by atoms with E-state index in [1.165, 1.54) is 17.4 Å². The normalized spacial score (nSPS) is 17.0. The third-order valence-electron chi connectivity index (χ3n) is 3.91. The molecule has 1 aliphatic carbocycles. The molecule has 1 unspecified atom stereocenters. The van der Waals surface area contributed by atoms with Crippen LogP contribution in [0.15, 0.2) is 35.7 Å². The molecule has 6 heteroatoms. The Morgan fingerprint density at radius 2 is 1.95 bits per heavy atom. The van der Waals surface area contributed by atoms with Gasteiger partial charge in [-0.3, -0.25) is 4.79 Å². The van der Waals surface area contributed by atoms with Crippen LogP contribution in [0.4, 0.5) is 8.78 Å². The highest BCUT2D eigenvalue weighted by atomic mass is 32.1. The molecule has 2 aromatic rings. The van der Waals surface area contributed by atoms with E-state index in [9.17, 15) is 18.7 Å². The van der Waals surface area contributed by atoms with Gasteiger partial charge in [0.25, 0.3) is 5.91 Å². The maximum absolute atomic E-state index is 13.6. The number of carbonyl (C=O) groups excluding carboxylic acids is 1. The number of rotatable bonds is 5. The van der Waals surface area contributed by atoms with E-state index in [0.29, 0.717) is 0 Å². The predicted octanol–water partition coefficient (Wildman–Crippen LogP) is 3.05. The molecule has 1 saturated carbocycles. The Hall–Kier alpha value is -1.79. The quantitative estimate of drug-likeness (QED) is 0.888. The number of halogens is 2. The van der Waals surface area contributed by atoms with Gasteiger partial charge in [0.05, 0.1) is 6.54 Å². The lowest BCUT2D eigenvalue weighted by molar-refractivity contribution is 0.0168. The summed E-state index contributed by atoms with van der Waals surface area (Å²) in [6.07, 6.45) is 1.75. The van der Waals surface area contributed by atoms with E-state index in [1.54, 1.807) is 6.07 Å². The van der Waals surface area contributed by atoms with Crippen LogP contribution in [-0.2, 0) is 5.60 Å². The van der Waals surface area contributed by atoms with Crippen LogP contribution >= 0.6 is 11.3 Å². The zero-order chi connectivity index (χ0) is 15.7. The van der Waals surface area contributed by atoms with Gasteiger partial charge in [-0.1, -0.05) is 12.1 Å². The van der Waals surface area contributed by atoms with Gasteiger partial charge in [0.15, 0.2) is 0 Å².